The zero-order chi connectivity index (χ0) is 21.5. The van der Waals surface area contributed by atoms with Gasteiger partial charge in [-0.25, -0.2) is 5.43 Å². The second-order valence-electron chi connectivity index (χ2n) is 7.42. The van der Waals surface area contributed by atoms with Gasteiger partial charge in [-0.05, 0) is 62.7 Å². The highest BCUT2D eigenvalue weighted by Gasteiger charge is 2.25. The summed E-state index contributed by atoms with van der Waals surface area (Å²) in [6.07, 6.45) is 1.67. The van der Waals surface area contributed by atoms with Gasteiger partial charge in [0.05, 0.1) is 19.9 Å². The van der Waals surface area contributed by atoms with Gasteiger partial charge < -0.3 is 9.47 Å². The monoisotopic (exact) mass is 473 g/mol. The third-order valence-electron chi connectivity index (χ3n) is 5.41. The van der Waals surface area contributed by atoms with Gasteiger partial charge in [-0.2, -0.15) is 5.10 Å². The Morgan fingerprint density at radius 1 is 1.13 bits per heavy atom. The van der Waals surface area contributed by atoms with E-state index in [1.807, 2.05) is 19.1 Å². The van der Waals surface area contributed by atoms with Crippen molar-refractivity contribution in [1.82, 2.24) is 10.3 Å². The third kappa shape index (κ3) is 5.83. The summed E-state index contributed by atoms with van der Waals surface area (Å²) in [5.74, 6) is 1.33. The molecule has 2 aromatic rings. The number of halogens is 1. The molecule has 0 spiro atoms. The van der Waals surface area contributed by atoms with Crippen LogP contribution in [0, 0.1) is 5.92 Å². The molecule has 0 radical (unpaired) electrons. The molecular formula is C23H28BrN3O3. The van der Waals surface area contributed by atoms with Crippen LogP contribution < -0.4 is 14.9 Å². The normalized spacial score (nSPS) is 15.7. The molecule has 30 heavy (non-hydrogen) atoms. The molecule has 1 heterocycles. The fourth-order valence-corrected chi connectivity index (χ4v) is 3.85. The first-order chi connectivity index (χ1) is 14.5. The largest absolute Gasteiger partial charge is 0.497 e. The molecule has 3 rings (SSSR count). The number of methoxy groups -OCH3 is 2. The average molecular weight is 474 g/mol. The van der Waals surface area contributed by atoms with Crippen LogP contribution in [0.25, 0.3) is 0 Å². The summed E-state index contributed by atoms with van der Waals surface area (Å²) in [6, 6.07) is 13.9. The Morgan fingerprint density at radius 2 is 1.83 bits per heavy atom. The summed E-state index contributed by atoms with van der Waals surface area (Å²) < 4.78 is 11.7. The van der Waals surface area contributed by atoms with E-state index in [9.17, 15) is 4.79 Å². The molecule has 7 heteroatoms. The highest BCUT2D eigenvalue weighted by atomic mass is 79.9. The quantitative estimate of drug-likeness (QED) is 0.482. The van der Waals surface area contributed by atoms with Gasteiger partial charge in [0.15, 0.2) is 0 Å². The lowest BCUT2D eigenvalue weighted by Gasteiger charge is -2.31. The Hall–Kier alpha value is -2.38. The van der Waals surface area contributed by atoms with E-state index in [1.165, 1.54) is 5.56 Å². The highest BCUT2D eigenvalue weighted by Crippen LogP contribution is 2.25. The lowest BCUT2D eigenvalue weighted by molar-refractivity contribution is -0.126. The number of amides is 1. The van der Waals surface area contributed by atoms with Crippen LogP contribution in [0.15, 0.2) is 52.0 Å². The van der Waals surface area contributed by atoms with Crippen LogP contribution in [0.2, 0.25) is 0 Å². The number of hydrogen-bond donors (Lipinski definition) is 1. The first-order valence-corrected chi connectivity index (χ1v) is 10.8. The maximum Gasteiger partial charge on any atom is 0.243 e. The van der Waals surface area contributed by atoms with Gasteiger partial charge in [-0.3, -0.25) is 9.69 Å². The summed E-state index contributed by atoms with van der Waals surface area (Å²) in [6.45, 7) is 4.58. The lowest BCUT2D eigenvalue weighted by Crippen LogP contribution is -2.39. The molecule has 1 saturated heterocycles. The summed E-state index contributed by atoms with van der Waals surface area (Å²) in [4.78, 5) is 15.0. The predicted octanol–water partition coefficient (Wildman–Crippen LogP) is 4.22. The molecule has 0 bridgehead atoms. The Bertz CT molecular complexity index is 891. The number of benzene rings is 2. The van der Waals surface area contributed by atoms with Crippen molar-refractivity contribution in [3.63, 3.8) is 0 Å². The van der Waals surface area contributed by atoms with Crippen molar-refractivity contribution in [3.8, 4) is 11.5 Å². The molecule has 1 aliphatic heterocycles. The van der Waals surface area contributed by atoms with Crippen LogP contribution in [0.3, 0.4) is 0 Å². The molecule has 0 atom stereocenters. The number of hydrazone groups is 1. The molecule has 1 aliphatic rings. The van der Waals surface area contributed by atoms with Crippen molar-refractivity contribution in [1.29, 1.82) is 0 Å². The maximum atomic E-state index is 12.6. The van der Waals surface area contributed by atoms with Gasteiger partial charge >= 0.3 is 0 Å². The zero-order valence-electron chi connectivity index (χ0n) is 17.7. The number of ether oxygens (including phenoxy) is 2. The van der Waals surface area contributed by atoms with Crippen LogP contribution in [0.5, 0.6) is 11.5 Å². The molecule has 160 valence electrons. The summed E-state index contributed by atoms with van der Waals surface area (Å²) in [5, 5.41) is 4.31. The van der Waals surface area contributed by atoms with E-state index in [1.54, 1.807) is 20.3 Å². The van der Waals surface area contributed by atoms with Gasteiger partial charge in [0.1, 0.15) is 11.5 Å². The van der Waals surface area contributed by atoms with Crippen molar-refractivity contribution in [2.75, 3.05) is 27.3 Å². The average Bonchev–Trinajstić information content (AvgIpc) is 2.78. The second kappa shape index (κ2) is 10.6. The lowest BCUT2D eigenvalue weighted by atomic mass is 9.96. The first-order valence-electron chi connectivity index (χ1n) is 10.0. The van der Waals surface area contributed by atoms with E-state index in [0.29, 0.717) is 17.2 Å². The van der Waals surface area contributed by atoms with Gasteiger partial charge in [0.25, 0.3) is 0 Å². The fraction of sp³-hybridized carbons (Fsp3) is 0.391. The molecular weight excluding hydrogens is 446 g/mol. The minimum absolute atomic E-state index is 0.0134. The van der Waals surface area contributed by atoms with E-state index in [-0.39, 0.29) is 11.8 Å². The number of nitrogens with one attached hydrogen (secondary N) is 1. The van der Waals surface area contributed by atoms with Crippen LogP contribution in [0.1, 0.15) is 30.9 Å². The molecule has 6 nitrogen and oxygen atoms in total. The minimum Gasteiger partial charge on any atom is -0.497 e. The zero-order valence-corrected chi connectivity index (χ0v) is 19.2. The molecule has 2 aromatic carbocycles. The van der Waals surface area contributed by atoms with E-state index >= 15 is 0 Å². The van der Waals surface area contributed by atoms with E-state index in [4.69, 9.17) is 9.47 Å². The van der Waals surface area contributed by atoms with Crippen LogP contribution in [-0.2, 0) is 11.3 Å². The number of carbonyl (C=O) groups is 1. The smallest absolute Gasteiger partial charge is 0.243 e. The van der Waals surface area contributed by atoms with Crippen molar-refractivity contribution < 1.29 is 14.3 Å². The van der Waals surface area contributed by atoms with Gasteiger partial charge in [0.2, 0.25) is 5.91 Å². The predicted molar refractivity (Wildman–Crippen MR) is 122 cm³/mol. The number of likely N-dealkylation sites (tertiary alicyclic amines) is 1. The summed E-state index contributed by atoms with van der Waals surface area (Å²) in [5.41, 5.74) is 5.54. The first kappa shape index (κ1) is 22.3. The standard InChI is InChI=1S/C23H28BrN3O3/c1-16(21-9-8-20(29-2)14-22(21)30-3)25-26-23(28)18-10-12-27(13-11-18)15-17-4-6-19(24)7-5-17/h4-9,14,18H,10-13,15H2,1-3H3,(H,26,28)/b25-16+. The Balaban J connectivity index is 1.52. The van der Waals surface area contributed by atoms with Gasteiger partial charge in [0, 0.05) is 28.6 Å². The molecule has 1 fully saturated rings. The second-order valence-corrected chi connectivity index (χ2v) is 8.33. The van der Waals surface area contributed by atoms with E-state index in [0.717, 1.165) is 42.5 Å². The summed E-state index contributed by atoms with van der Waals surface area (Å²) >= 11 is 3.47. The number of nitrogens with zero attached hydrogens (tertiary/aromatic N) is 2. The van der Waals surface area contributed by atoms with E-state index < -0.39 is 0 Å². The van der Waals surface area contributed by atoms with Crippen molar-refractivity contribution >= 4 is 27.5 Å². The van der Waals surface area contributed by atoms with Crippen LogP contribution >= 0.6 is 15.9 Å². The minimum atomic E-state index is -0.0230. The number of hydrogen-bond acceptors (Lipinski definition) is 5. The number of carbonyl (C=O) groups excluding carboxylic acids is 1. The van der Waals surface area contributed by atoms with Crippen molar-refractivity contribution in [2.24, 2.45) is 11.0 Å². The van der Waals surface area contributed by atoms with Gasteiger partial charge in [-0.15, -0.1) is 0 Å². The number of piperidine rings is 1. The molecule has 1 amide bonds. The molecule has 0 unspecified atom stereocenters. The van der Waals surface area contributed by atoms with Crippen LogP contribution in [0.4, 0.5) is 0 Å². The van der Waals surface area contributed by atoms with E-state index in [2.05, 4.69) is 55.6 Å². The Morgan fingerprint density at radius 3 is 2.47 bits per heavy atom. The van der Waals surface area contributed by atoms with Crippen molar-refractivity contribution in [2.45, 2.75) is 26.3 Å². The Labute approximate surface area is 186 Å². The topological polar surface area (TPSA) is 63.2 Å². The molecule has 0 saturated carbocycles. The van der Waals surface area contributed by atoms with Gasteiger partial charge in [-0.1, -0.05) is 28.1 Å². The van der Waals surface area contributed by atoms with Crippen LogP contribution in [-0.4, -0.2) is 43.8 Å². The fourth-order valence-electron chi connectivity index (χ4n) is 3.59. The summed E-state index contributed by atoms with van der Waals surface area (Å²) in [7, 11) is 3.21. The Kier molecular flexibility index (Phi) is 7.87. The number of rotatable bonds is 7. The van der Waals surface area contributed by atoms with Crippen molar-refractivity contribution in [3.05, 3.63) is 58.1 Å². The molecule has 0 aromatic heterocycles. The SMILES string of the molecule is COc1ccc(/C(C)=N/NC(=O)C2CCN(Cc3ccc(Br)cc3)CC2)c(OC)c1. The maximum absolute atomic E-state index is 12.6. The third-order valence-corrected chi connectivity index (χ3v) is 5.94. The molecule has 1 N–H and O–H groups in total. The molecule has 0 aliphatic carbocycles. The highest BCUT2D eigenvalue weighted by molar-refractivity contribution is 9.10.